The average molecular weight is 269 g/mol. The SMILES string of the molecule is CC1(NC(=O)c2ccc(N)cc2Cl)CCOCC1. The highest BCUT2D eigenvalue weighted by molar-refractivity contribution is 6.34. The van der Waals surface area contributed by atoms with E-state index in [9.17, 15) is 4.79 Å². The second kappa shape index (κ2) is 5.16. The van der Waals surface area contributed by atoms with Gasteiger partial charge in [0.15, 0.2) is 0 Å². The molecule has 4 nitrogen and oxygen atoms in total. The highest BCUT2D eigenvalue weighted by atomic mass is 35.5. The molecule has 0 atom stereocenters. The number of carbonyl (C=O) groups excluding carboxylic acids is 1. The van der Waals surface area contributed by atoms with E-state index >= 15 is 0 Å². The number of nitrogen functional groups attached to an aromatic ring is 1. The summed E-state index contributed by atoms with van der Waals surface area (Å²) < 4.78 is 5.30. The molecule has 18 heavy (non-hydrogen) atoms. The number of carbonyl (C=O) groups is 1. The van der Waals surface area contributed by atoms with Gasteiger partial charge in [0, 0.05) is 24.4 Å². The Labute approximate surface area is 111 Å². The van der Waals surface area contributed by atoms with Crippen molar-refractivity contribution in [2.45, 2.75) is 25.3 Å². The standard InChI is InChI=1S/C13H17ClN2O2/c1-13(4-6-18-7-5-13)16-12(17)10-3-2-9(15)8-11(10)14/h2-3,8H,4-7,15H2,1H3,(H,16,17). The summed E-state index contributed by atoms with van der Waals surface area (Å²) in [4.78, 5) is 12.2. The summed E-state index contributed by atoms with van der Waals surface area (Å²) in [5.41, 5.74) is 6.39. The van der Waals surface area contributed by atoms with Crippen LogP contribution < -0.4 is 11.1 Å². The first-order valence-corrected chi connectivity index (χ1v) is 6.33. The number of hydrogen-bond donors (Lipinski definition) is 2. The van der Waals surface area contributed by atoms with Gasteiger partial charge < -0.3 is 15.8 Å². The van der Waals surface area contributed by atoms with Crippen molar-refractivity contribution in [3.05, 3.63) is 28.8 Å². The molecule has 0 aromatic heterocycles. The van der Waals surface area contributed by atoms with Gasteiger partial charge in [-0.05, 0) is 38.0 Å². The lowest BCUT2D eigenvalue weighted by molar-refractivity contribution is 0.0423. The molecule has 0 unspecified atom stereocenters. The molecule has 1 saturated heterocycles. The Bertz CT molecular complexity index is 456. The zero-order chi connectivity index (χ0) is 13.2. The van der Waals surface area contributed by atoms with Crippen molar-refractivity contribution < 1.29 is 9.53 Å². The van der Waals surface area contributed by atoms with E-state index in [1.807, 2.05) is 6.92 Å². The minimum absolute atomic E-state index is 0.163. The maximum absolute atomic E-state index is 12.2. The molecule has 98 valence electrons. The number of ether oxygens (including phenoxy) is 1. The summed E-state index contributed by atoms with van der Waals surface area (Å²) in [6.07, 6.45) is 1.62. The molecule has 1 aromatic carbocycles. The van der Waals surface area contributed by atoms with Crippen LogP contribution in [0.4, 0.5) is 5.69 Å². The van der Waals surface area contributed by atoms with Crippen molar-refractivity contribution in [1.29, 1.82) is 0 Å². The number of benzene rings is 1. The van der Waals surface area contributed by atoms with Crippen LogP contribution in [-0.4, -0.2) is 24.7 Å². The number of anilines is 1. The van der Waals surface area contributed by atoms with E-state index in [-0.39, 0.29) is 11.4 Å². The first-order chi connectivity index (χ1) is 8.50. The van der Waals surface area contributed by atoms with E-state index in [0.717, 1.165) is 12.8 Å². The van der Waals surface area contributed by atoms with Gasteiger partial charge in [0.25, 0.3) is 5.91 Å². The number of rotatable bonds is 2. The highest BCUT2D eigenvalue weighted by Gasteiger charge is 2.29. The third-order valence-corrected chi connectivity index (χ3v) is 3.56. The number of amides is 1. The summed E-state index contributed by atoms with van der Waals surface area (Å²) in [7, 11) is 0. The van der Waals surface area contributed by atoms with Crippen LogP contribution in [0.5, 0.6) is 0 Å². The van der Waals surface area contributed by atoms with E-state index in [2.05, 4.69) is 5.32 Å². The number of nitrogens with two attached hydrogens (primary N) is 1. The van der Waals surface area contributed by atoms with Gasteiger partial charge in [0.05, 0.1) is 10.6 Å². The molecule has 0 saturated carbocycles. The maximum atomic E-state index is 12.2. The smallest absolute Gasteiger partial charge is 0.253 e. The second-order valence-corrected chi connectivity index (χ2v) is 5.27. The lowest BCUT2D eigenvalue weighted by atomic mass is 9.92. The first-order valence-electron chi connectivity index (χ1n) is 5.95. The van der Waals surface area contributed by atoms with Crippen LogP contribution in [0, 0.1) is 0 Å². The van der Waals surface area contributed by atoms with Crippen molar-refractivity contribution >= 4 is 23.2 Å². The number of hydrogen-bond acceptors (Lipinski definition) is 3. The van der Waals surface area contributed by atoms with Crippen LogP contribution in [0.3, 0.4) is 0 Å². The fourth-order valence-electron chi connectivity index (χ4n) is 2.00. The van der Waals surface area contributed by atoms with E-state index in [0.29, 0.717) is 29.5 Å². The first kappa shape index (κ1) is 13.2. The van der Waals surface area contributed by atoms with Gasteiger partial charge in [-0.15, -0.1) is 0 Å². The molecule has 0 radical (unpaired) electrons. The van der Waals surface area contributed by atoms with Crippen molar-refractivity contribution in [2.75, 3.05) is 18.9 Å². The molecule has 1 aliphatic rings. The Kier molecular flexibility index (Phi) is 3.78. The predicted octanol–water partition coefficient (Wildman–Crippen LogP) is 2.22. The summed E-state index contributed by atoms with van der Waals surface area (Å²) in [6, 6.07) is 4.91. The van der Waals surface area contributed by atoms with Crippen LogP contribution in [0.15, 0.2) is 18.2 Å². The molecule has 1 amide bonds. The molecule has 1 aromatic rings. The lowest BCUT2D eigenvalue weighted by Crippen LogP contribution is -2.49. The Morgan fingerprint density at radius 3 is 2.72 bits per heavy atom. The summed E-state index contributed by atoms with van der Waals surface area (Å²) >= 11 is 6.02. The molecule has 0 spiro atoms. The van der Waals surface area contributed by atoms with Crippen LogP contribution in [0.25, 0.3) is 0 Å². The normalized spacial score (nSPS) is 18.3. The minimum Gasteiger partial charge on any atom is -0.399 e. The summed E-state index contributed by atoms with van der Waals surface area (Å²) in [5.74, 6) is -0.163. The van der Waals surface area contributed by atoms with Gasteiger partial charge >= 0.3 is 0 Å². The minimum atomic E-state index is -0.222. The van der Waals surface area contributed by atoms with Gasteiger partial charge in [-0.2, -0.15) is 0 Å². The quantitative estimate of drug-likeness (QED) is 0.809. The van der Waals surface area contributed by atoms with Crippen molar-refractivity contribution in [1.82, 2.24) is 5.32 Å². The fourth-order valence-corrected chi connectivity index (χ4v) is 2.28. The lowest BCUT2D eigenvalue weighted by Gasteiger charge is -2.34. The number of halogens is 1. The van der Waals surface area contributed by atoms with E-state index in [1.54, 1.807) is 18.2 Å². The summed E-state index contributed by atoms with van der Waals surface area (Å²) in [6.45, 7) is 3.37. The monoisotopic (exact) mass is 268 g/mol. The van der Waals surface area contributed by atoms with Crippen molar-refractivity contribution in [3.8, 4) is 0 Å². The predicted molar refractivity (Wildman–Crippen MR) is 71.8 cm³/mol. The van der Waals surface area contributed by atoms with Gasteiger partial charge in [0.2, 0.25) is 0 Å². The van der Waals surface area contributed by atoms with Gasteiger partial charge in [0.1, 0.15) is 0 Å². The maximum Gasteiger partial charge on any atom is 0.253 e. The third-order valence-electron chi connectivity index (χ3n) is 3.25. The van der Waals surface area contributed by atoms with Crippen LogP contribution in [0.1, 0.15) is 30.1 Å². The molecule has 1 aliphatic heterocycles. The molecule has 5 heteroatoms. The Morgan fingerprint density at radius 2 is 2.11 bits per heavy atom. The largest absolute Gasteiger partial charge is 0.399 e. The topological polar surface area (TPSA) is 64.4 Å². The molecule has 0 bridgehead atoms. The summed E-state index contributed by atoms with van der Waals surface area (Å²) in [5, 5.41) is 3.41. The Hall–Kier alpha value is -1.26. The van der Waals surface area contributed by atoms with Crippen LogP contribution >= 0.6 is 11.6 Å². The van der Waals surface area contributed by atoms with Crippen LogP contribution in [0.2, 0.25) is 5.02 Å². The van der Waals surface area contributed by atoms with Crippen LogP contribution in [-0.2, 0) is 4.74 Å². The zero-order valence-corrected chi connectivity index (χ0v) is 11.1. The average Bonchev–Trinajstić information content (AvgIpc) is 2.28. The molecule has 1 fully saturated rings. The Balaban J connectivity index is 2.11. The number of nitrogens with one attached hydrogen (secondary N) is 1. The van der Waals surface area contributed by atoms with Crippen molar-refractivity contribution in [3.63, 3.8) is 0 Å². The molecular weight excluding hydrogens is 252 g/mol. The van der Waals surface area contributed by atoms with E-state index in [4.69, 9.17) is 22.1 Å². The fraction of sp³-hybridized carbons (Fsp3) is 0.462. The molecule has 3 N–H and O–H groups in total. The third kappa shape index (κ3) is 2.94. The molecule has 1 heterocycles. The van der Waals surface area contributed by atoms with Gasteiger partial charge in [-0.25, -0.2) is 0 Å². The zero-order valence-electron chi connectivity index (χ0n) is 10.3. The molecule has 0 aliphatic carbocycles. The highest BCUT2D eigenvalue weighted by Crippen LogP contribution is 2.23. The second-order valence-electron chi connectivity index (χ2n) is 4.87. The van der Waals surface area contributed by atoms with E-state index in [1.165, 1.54) is 0 Å². The van der Waals surface area contributed by atoms with E-state index < -0.39 is 0 Å². The molecule has 2 rings (SSSR count). The van der Waals surface area contributed by atoms with Crippen molar-refractivity contribution in [2.24, 2.45) is 0 Å². The molecular formula is C13H17ClN2O2. The van der Waals surface area contributed by atoms with Gasteiger partial charge in [-0.3, -0.25) is 4.79 Å². The Morgan fingerprint density at radius 1 is 1.44 bits per heavy atom. The van der Waals surface area contributed by atoms with Gasteiger partial charge in [-0.1, -0.05) is 11.6 Å².